The van der Waals surface area contributed by atoms with Crippen LogP contribution in [-0.2, 0) is 14.2 Å². The summed E-state index contributed by atoms with van der Waals surface area (Å²) in [5, 5.41) is 11.2. The van der Waals surface area contributed by atoms with Crippen LogP contribution in [0.25, 0.3) is 0 Å². The predicted octanol–water partition coefficient (Wildman–Crippen LogP) is 1.53. The second-order valence-corrected chi connectivity index (χ2v) is 6.51. The number of rotatable bonds is 5. The molecule has 0 radical (unpaired) electrons. The SMILES string of the molecule is CC(C(=O)C1=C(NP(=O)(O)O)CC(=O)C=C1)c1ccc(O)cc1. The summed E-state index contributed by atoms with van der Waals surface area (Å²) >= 11 is 0. The van der Waals surface area contributed by atoms with Gasteiger partial charge in [-0.15, -0.1) is 0 Å². The third-order valence-electron chi connectivity index (χ3n) is 3.44. The summed E-state index contributed by atoms with van der Waals surface area (Å²) in [6.07, 6.45) is 2.20. The molecule has 7 nitrogen and oxygen atoms in total. The third-order valence-corrected chi connectivity index (χ3v) is 4.01. The Morgan fingerprint density at radius 1 is 1.22 bits per heavy atom. The highest BCUT2D eigenvalue weighted by Gasteiger charge is 2.27. The maximum absolute atomic E-state index is 12.6. The average Bonchev–Trinajstić information content (AvgIpc) is 2.45. The van der Waals surface area contributed by atoms with Crippen molar-refractivity contribution in [2.45, 2.75) is 19.3 Å². The number of phenolic OH excluding ortho intramolecular Hbond substituents is 1. The number of hydrogen-bond acceptors (Lipinski definition) is 4. The van der Waals surface area contributed by atoms with Gasteiger partial charge < -0.3 is 14.9 Å². The molecule has 1 aliphatic rings. The maximum Gasteiger partial charge on any atom is 0.427 e. The third kappa shape index (κ3) is 4.39. The highest BCUT2D eigenvalue weighted by molar-refractivity contribution is 7.49. The molecule has 0 bridgehead atoms. The summed E-state index contributed by atoms with van der Waals surface area (Å²) < 4.78 is 11.1. The summed E-state index contributed by atoms with van der Waals surface area (Å²) in [5.74, 6) is -1.26. The molecular weight excluding hydrogens is 321 g/mol. The van der Waals surface area contributed by atoms with E-state index in [-0.39, 0.29) is 35.0 Å². The molecule has 0 saturated heterocycles. The van der Waals surface area contributed by atoms with Crippen molar-refractivity contribution < 1.29 is 29.0 Å². The molecule has 1 aromatic carbocycles. The molecule has 0 spiro atoms. The number of nitrogens with one attached hydrogen (secondary N) is 1. The summed E-state index contributed by atoms with van der Waals surface area (Å²) in [4.78, 5) is 42.1. The number of hydrogen-bond donors (Lipinski definition) is 4. The van der Waals surface area contributed by atoms with Gasteiger partial charge in [0.25, 0.3) is 0 Å². The lowest BCUT2D eigenvalue weighted by atomic mass is 9.88. The Kier molecular flexibility index (Phi) is 4.85. The van der Waals surface area contributed by atoms with E-state index in [1.54, 1.807) is 19.1 Å². The fourth-order valence-corrected chi connectivity index (χ4v) is 2.81. The molecule has 0 amide bonds. The Morgan fingerprint density at radius 3 is 2.39 bits per heavy atom. The highest BCUT2D eigenvalue weighted by atomic mass is 31.2. The number of carbonyl (C=O) groups is 2. The largest absolute Gasteiger partial charge is 0.508 e. The number of phenols is 1. The van der Waals surface area contributed by atoms with E-state index in [0.717, 1.165) is 0 Å². The van der Waals surface area contributed by atoms with Crippen LogP contribution in [0.5, 0.6) is 5.75 Å². The molecule has 1 aliphatic carbocycles. The van der Waals surface area contributed by atoms with Crippen LogP contribution in [0.15, 0.2) is 47.7 Å². The van der Waals surface area contributed by atoms with Crippen LogP contribution in [0.4, 0.5) is 0 Å². The van der Waals surface area contributed by atoms with E-state index in [2.05, 4.69) is 0 Å². The Hall–Kier alpha value is -2.21. The number of benzene rings is 1. The fourth-order valence-electron chi connectivity index (χ4n) is 2.26. The van der Waals surface area contributed by atoms with Gasteiger partial charge in [-0.3, -0.25) is 14.7 Å². The zero-order valence-electron chi connectivity index (χ0n) is 12.3. The van der Waals surface area contributed by atoms with E-state index in [0.29, 0.717) is 5.56 Å². The Bertz CT molecular complexity index is 744. The molecule has 0 aromatic heterocycles. The lowest BCUT2D eigenvalue weighted by Gasteiger charge is -2.19. The van der Waals surface area contributed by atoms with E-state index in [9.17, 15) is 19.3 Å². The number of carbonyl (C=O) groups excluding carboxylic acids is 2. The van der Waals surface area contributed by atoms with Gasteiger partial charge >= 0.3 is 7.75 Å². The maximum atomic E-state index is 12.6. The fraction of sp³-hybridized carbons (Fsp3) is 0.200. The Balaban J connectivity index is 2.35. The molecule has 23 heavy (non-hydrogen) atoms. The second-order valence-electron chi connectivity index (χ2n) is 5.20. The standard InChI is InChI=1S/C15H16NO6P/c1-9(10-2-4-11(17)5-3-10)15(19)13-7-6-12(18)8-14(13)16-23(20,21)22/h2-7,9,17H,8H2,1H3,(H3,16,20,21,22). The minimum absolute atomic E-state index is 0.0634. The minimum Gasteiger partial charge on any atom is -0.508 e. The van der Waals surface area contributed by atoms with E-state index in [4.69, 9.17) is 9.79 Å². The quantitative estimate of drug-likeness (QED) is 0.601. The van der Waals surface area contributed by atoms with Crippen molar-refractivity contribution in [1.29, 1.82) is 0 Å². The van der Waals surface area contributed by atoms with Crippen molar-refractivity contribution in [3.63, 3.8) is 0 Å². The van der Waals surface area contributed by atoms with Crippen molar-refractivity contribution in [3.8, 4) is 5.75 Å². The van der Waals surface area contributed by atoms with Gasteiger partial charge in [0, 0.05) is 17.2 Å². The second kappa shape index (κ2) is 6.50. The van der Waals surface area contributed by atoms with Gasteiger partial charge in [-0.2, -0.15) is 0 Å². The van der Waals surface area contributed by atoms with E-state index < -0.39 is 13.7 Å². The van der Waals surface area contributed by atoms with Crippen LogP contribution in [0.3, 0.4) is 0 Å². The zero-order chi connectivity index (χ0) is 17.2. The van der Waals surface area contributed by atoms with E-state index >= 15 is 0 Å². The lowest BCUT2D eigenvalue weighted by Crippen LogP contribution is -2.22. The molecule has 0 saturated carbocycles. The van der Waals surface area contributed by atoms with Crippen molar-refractivity contribution >= 4 is 19.3 Å². The molecule has 1 aromatic rings. The topological polar surface area (TPSA) is 124 Å². The summed E-state index contributed by atoms with van der Waals surface area (Å²) in [6, 6.07) is 6.07. The molecule has 1 atom stereocenters. The molecule has 122 valence electrons. The van der Waals surface area contributed by atoms with Crippen molar-refractivity contribution in [2.24, 2.45) is 0 Å². The molecular formula is C15H16NO6P. The first-order valence-corrected chi connectivity index (χ1v) is 8.39. The molecule has 2 rings (SSSR count). The van der Waals surface area contributed by atoms with Crippen LogP contribution >= 0.6 is 7.75 Å². The minimum atomic E-state index is -4.63. The molecule has 4 N–H and O–H groups in total. The molecule has 0 aliphatic heterocycles. The van der Waals surface area contributed by atoms with Crippen LogP contribution in [0.1, 0.15) is 24.8 Å². The summed E-state index contributed by atoms with van der Waals surface area (Å²) in [6.45, 7) is 1.64. The number of allylic oxidation sites excluding steroid dienone is 4. The summed E-state index contributed by atoms with van der Waals surface area (Å²) in [5.41, 5.74) is 0.621. The Labute approximate surface area is 132 Å². The van der Waals surface area contributed by atoms with Gasteiger partial charge in [-0.25, -0.2) is 4.57 Å². The number of aromatic hydroxyl groups is 1. The average molecular weight is 337 g/mol. The van der Waals surface area contributed by atoms with Crippen LogP contribution < -0.4 is 5.09 Å². The highest BCUT2D eigenvalue weighted by Crippen LogP contribution is 2.34. The zero-order valence-corrected chi connectivity index (χ0v) is 13.2. The van der Waals surface area contributed by atoms with Crippen molar-refractivity contribution in [1.82, 2.24) is 5.09 Å². The van der Waals surface area contributed by atoms with Crippen LogP contribution in [0, 0.1) is 0 Å². The van der Waals surface area contributed by atoms with Gasteiger partial charge in [0.2, 0.25) is 0 Å². The summed E-state index contributed by atoms with van der Waals surface area (Å²) in [7, 11) is -4.63. The number of Topliss-reactive ketones (excluding diaryl/α,β-unsaturated/α-hetero) is 1. The Morgan fingerprint density at radius 2 is 1.83 bits per heavy atom. The van der Waals surface area contributed by atoms with Gasteiger partial charge in [-0.05, 0) is 29.8 Å². The first-order chi connectivity index (χ1) is 10.7. The monoisotopic (exact) mass is 337 g/mol. The molecule has 1 unspecified atom stereocenters. The lowest BCUT2D eigenvalue weighted by molar-refractivity contribution is -0.116. The number of ketones is 2. The molecule has 0 heterocycles. The van der Waals surface area contributed by atoms with Gasteiger partial charge in [0.05, 0.1) is 6.42 Å². The van der Waals surface area contributed by atoms with Gasteiger partial charge in [0.1, 0.15) is 5.75 Å². The predicted molar refractivity (Wildman–Crippen MR) is 82.5 cm³/mol. The first kappa shape index (κ1) is 17.1. The van der Waals surface area contributed by atoms with Gasteiger partial charge in [0.15, 0.2) is 11.6 Å². The van der Waals surface area contributed by atoms with Crippen molar-refractivity contribution in [2.75, 3.05) is 0 Å². The normalized spacial score (nSPS) is 16.4. The van der Waals surface area contributed by atoms with Crippen LogP contribution in [-0.4, -0.2) is 26.5 Å². The first-order valence-electron chi connectivity index (χ1n) is 6.78. The molecule has 8 heteroatoms. The van der Waals surface area contributed by atoms with E-state index in [1.165, 1.54) is 24.3 Å². The van der Waals surface area contributed by atoms with Crippen LogP contribution in [0.2, 0.25) is 0 Å². The van der Waals surface area contributed by atoms with Crippen molar-refractivity contribution in [3.05, 3.63) is 53.3 Å². The smallest absolute Gasteiger partial charge is 0.427 e. The van der Waals surface area contributed by atoms with E-state index in [1.807, 2.05) is 5.09 Å². The van der Waals surface area contributed by atoms with Gasteiger partial charge in [-0.1, -0.05) is 19.1 Å². The molecule has 0 fully saturated rings.